The molecule has 13 heavy (non-hydrogen) atoms. The molecule has 0 atom stereocenters. The fourth-order valence-corrected chi connectivity index (χ4v) is 1.59. The van der Waals surface area contributed by atoms with Crippen molar-refractivity contribution in [1.29, 1.82) is 0 Å². The maximum Gasteiger partial charge on any atom is 0.129 e. The molecular weight excluding hydrogens is 205 g/mol. The lowest BCUT2D eigenvalue weighted by Gasteiger charge is -2.02. The van der Waals surface area contributed by atoms with Crippen LogP contribution in [0.3, 0.4) is 0 Å². The topological polar surface area (TPSA) is 12.9 Å². The van der Waals surface area contributed by atoms with Gasteiger partial charge in [0.25, 0.3) is 0 Å². The van der Waals surface area contributed by atoms with E-state index >= 15 is 0 Å². The molecule has 2 aromatic rings. The number of rotatable bonds is 0. The van der Waals surface area contributed by atoms with E-state index in [0.29, 0.717) is 10.2 Å². The Kier molecular flexibility index (Phi) is 2.14. The summed E-state index contributed by atoms with van der Waals surface area (Å²) < 4.78 is 0. The largest absolute Gasteiger partial charge is 0.235 e. The van der Waals surface area contributed by atoms with E-state index in [1.807, 2.05) is 25.1 Å². The van der Waals surface area contributed by atoms with Crippen molar-refractivity contribution in [3.05, 3.63) is 40.0 Å². The second kappa shape index (κ2) is 3.17. The van der Waals surface area contributed by atoms with Crippen LogP contribution in [-0.2, 0) is 0 Å². The van der Waals surface area contributed by atoms with Gasteiger partial charge in [-0.3, -0.25) is 0 Å². The lowest BCUT2D eigenvalue weighted by molar-refractivity contribution is 1.39. The third-order valence-corrected chi connectivity index (χ3v) is 2.65. The maximum absolute atomic E-state index is 6.08. The van der Waals surface area contributed by atoms with Gasteiger partial charge in [0.2, 0.25) is 0 Å². The van der Waals surface area contributed by atoms with E-state index < -0.39 is 0 Å². The maximum atomic E-state index is 6.08. The molecule has 1 aromatic carbocycles. The minimum atomic E-state index is 0.472. The van der Waals surface area contributed by atoms with Crippen LogP contribution >= 0.6 is 23.2 Å². The Morgan fingerprint density at radius 1 is 1.08 bits per heavy atom. The van der Waals surface area contributed by atoms with E-state index in [4.69, 9.17) is 23.2 Å². The van der Waals surface area contributed by atoms with Crippen molar-refractivity contribution in [2.24, 2.45) is 0 Å². The molecule has 0 saturated heterocycles. The molecule has 2 rings (SSSR count). The van der Waals surface area contributed by atoms with Crippen molar-refractivity contribution in [2.75, 3.05) is 0 Å². The third-order valence-electron chi connectivity index (χ3n) is 1.96. The predicted molar refractivity (Wildman–Crippen MR) is 56.5 cm³/mol. The molecule has 66 valence electrons. The number of hydrogen-bond acceptors (Lipinski definition) is 1. The molecule has 0 radical (unpaired) electrons. The lowest BCUT2D eigenvalue weighted by atomic mass is 10.1. The van der Waals surface area contributed by atoms with Gasteiger partial charge in [0.15, 0.2) is 0 Å². The number of aryl methyl sites for hydroxylation is 1. The molecule has 0 aliphatic carbocycles. The van der Waals surface area contributed by atoms with Crippen LogP contribution in [0.25, 0.3) is 10.9 Å². The number of benzene rings is 1. The fourth-order valence-electron chi connectivity index (χ4n) is 1.23. The zero-order chi connectivity index (χ0) is 9.42. The van der Waals surface area contributed by atoms with Crippen LogP contribution in [0.5, 0.6) is 0 Å². The van der Waals surface area contributed by atoms with E-state index in [1.54, 1.807) is 6.07 Å². The van der Waals surface area contributed by atoms with Gasteiger partial charge in [-0.15, -0.1) is 0 Å². The SMILES string of the molecule is Cc1ccc2ccc(Cl)nc2c1Cl. The number of aromatic nitrogens is 1. The first kappa shape index (κ1) is 8.79. The van der Waals surface area contributed by atoms with Gasteiger partial charge in [-0.2, -0.15) is 0 Å². The Bertz CT molecular complexity index is 460. The highest BCUT2D eigenvalue weighted by atomic mass is 35.5. The van der Waals surface area contributed by atoms with Crippen LogP contribution in [0.2, 0.25) is 10.2 Å². The highest BCUT2D eigenvalue weighted by molar-refractivity contribution is 6.36. The van der Waals surface area contributed by atoms with Gasteiger partial charge in [0.05, 0.1) is 10.5 Å². The average molecular weight is 212 g/mol. The second-order valence-electron chi connectivity index (χ2n) is 2.90. The van der Waals surface area contributed by atoms with E-state index in [-0.39, 0.29) is 0 Å². The summed E-state index contributed by atoms with van der Waals surface area (Å²) in [5.41, 5.74) is 1.79. The monoisotopic (exact) mass is 211 g/mol. The summed E-state index contributed by atoms with van der Waals surface area (Å²) >= 11 is 11.9. The van der Waals surface area contributed by atoms with Crippen molar-refractivity contribution in [1.82, 2.24) is 4.98 Å². The zero-order valence-electron chi connectivity index (χ0n) is 7.01. The molecule has 0 aliphatic heterocycles. The highest BCUT2D eigenvalue weighted by Gasteiger charge is 2.03. The minimum Gasteiger partial charge on any atom is -0.235 e. The summed E-state index contributed by atoms with van der Waals surface area (Å²) in [6.45, 7) is 1.95. The Balaban J connectivity index is 2.89. The molecule has 1 heterocycles. The van der Waals surface area contributed by atoms with Gasteiger partial charge in [0, 0.05) is 5.39 Å². The fraction of sp³-hybridized carbons (Fsp3) is 0.100. The molecule has 0 saturated carbocycles. The molecule has 0 fully saturated rings. The molecule has 0 unspecified atom stereocenters. The summed E-state index contributed by atoms with van der Waals surface area (Å²) in [7, 11) is 0. The highest BCUT2D eigenvalue weighted by Crippen LogP contribution is 2.26. The van der Waals surface area contributed by atoms with Gasteiger partial charge in [0.1, 0.15) is 5.15 Å². The molecule has 0 bridgehead atoms. The summed E-state index contributed by atoms with van der Waals surface area (Å²) in [6.07, 6.45) is 0. The minimum absolute atomic E-state index is 0.472. The van der Waals surface area contributed by atoms with Crippen LogP contribution < -0.4 is 0 Å². The van der Waals surface area contributed by atoms with Crippen molar-refractivity contribution in [2.45, 2.75) is 6.92 Å². The molecule has 1 nitrogen and oxygen atoms in total. The molecule has 0 amide bonds. The van der Waals surface area contributed by atoms with Crippen LogP contribution in [0.4, 0.5) is 0 Å². The van der Waals surface area contributed by atoms with Gasteiger partial charge >= 0.3 is 0 Å². The Hall–Kier alpha value is -0.790. The van der Waals surface area contributed by atoms with Gasteiger partial charge in [-0.1, -0.05) is 35.3 Å². The van der Waals surface area contributed by atoms with Crippen LogP contribution in [0, 0.1) is 6.92 Å². The first-order valence-corrected chi connectivity index (χ1v) is 4.65. The Morgan fingerprint density at radius 3 is 2.54 bits per heavy atom. The first-order chi connectivity index (χ1) is 6.18. The quantitative estimate of drug-likeness (QED) is 0.604. The second-order valence-corrected chi connectivity index (χ2v) is 3.67. The molecule has 0 N–H and O–H groups in total. The standard InChI is InChI=1S/C10H7Cl2N/c1-6-2-3-7-4-5-8(11)13-10(7)9(6)12/h2-5H,1H3. The Labute approximate surface area is 86.3 Å². The van der Waals surface area contributed by atoms with E-state index in [2.05, 4.69) is 4.98 Å². The van der Waals surface area contributed by atoms with Gasteiger partial charge in [-0.05, 0) is 24.6 Å². The molecule has 1 aromatic heterocycles. The summed E-state index contributed by atoms with van der Waals surface area (Å²) in [4.78, 5) is 4.17. The van der Waals surface area contributed by atoms with E-state index in [9.17, 15) is 0 Å². The third kappa shape index (κ3) is 1.50. The van der Waals surface area contributed by atoms with E-state index in [0.717, 1.165) is 16.5 Å². The predicted octanol–water partition coefficient (Wildman–Crippen LogP) is 3.85. The lowest BCUT2D eigenvalue weighted by Crippen LogP contribution is -1.83. The molecule has 0 aliphatic rings. The molecule has 0 spiro atoms. The number of nitrogens with zero attached hydrogens (tertiary/aromatic N) is 1. The Morgan fingerprint density at radius 2 is 1.77 bits per heavy atom. The van der Waals surface area contributed by atoms with Gasteiger partial charge < -0.3 is 0 Å². The summed E-state index contributed by atoms with van der Waals surface area (Å²) in [5.74, 6) is 0. The number of fused-ring (bicyclic) bond motifs is 1. The summed E-state index contributed by atoms with van der Waals surface area (Å²) in [6, 6.07) is 7.63. The van der Waals surface area contributed by atoms with Crippen molar-refractivity contribution in [3.63, 3.8) is 0 Å². The van der Waals surface area contributed by atoms with Crippen LogP contribution in [-0.4, -0.2) is 4.98 Å². The average Bonchev–Trinajstić information content (AvgIpc) is 2.12. The van der Waals surface area contributed by atoms with Gasteiger partial charge in [-0.25, -0.2) is 4.98 Å². The number of hydrogen-bond donors (Lipinski definition) is 0. The number of halogens is 2. The van der Waals surface area contributed by atoms with Crippen LogP contribution in [0.15, 0.2) is 24.3 Å². The van der Waals surface area contributed by atoms with Crippen LogP contribution in [0.1, 0.15) is 5.56 Å². The smallest absolute Gasteiger partial charge is 0.129 e. The van der Waals surface area contributed by atoms with Crippen molar-refractivity contribution in [3.8, 4) is 0 Å². The molecular formula is C10H7Cl2N. The number of pyridine rings is 1. The molecule has 3 heteroatoms. The van der Waals surface area contributed by atoms with Crippen molar-refractivity contribution < 1.29 is 0 Å². The summed E-state index contributed by atoms with van der Waals surface area (Å²) in [5, 5.41) is 2.17. The van der Waals surface area contributed by atoms with Crippen molar-refractivity contribution >= 4 is 34.1 Å². The van der Waals surface area contributed by atoms with E-state index in [1.165, 1.54) is 0 Å². The zero-order valence-corrected chi connectivity index (χ0v) is 8.52. The first-order valence-electron chi connectivity index (χ1n) is 3.90. The normalized spacial score (nSPS) is 10.7.